The first-order chi connectivity index (χ1) is 13.3. The number of rotatable bonds is 14. The standard InChI is InChI=1S/C18H35NO9/c1-12(2)4-5-24-6-7-25-8-9-26-10-11-27-18-14(19-13(3)20)15(21)16(22)17(23)28-18/h12,14-18,21-23H,4-11H2,1-3H3,(H,19,20)/t14-,15-,16-,17+,18?/m1/s1. The second kappa shape index (κ2) is 14.2. The molecule has 1 fully saturated rings. The molecule has 1 rings (SSSR count). The van der Waals surface area contributed by atoms with Crippen LogP contribution in [0.15, 0.2) is 0 Å². The first-order valence-electron chi connectivity index (χ1n) is 9.64. The molecule has 0 radical (unpaired) electrons. The van der Waals surface area contributed by atoms with Crippen LogP contribution < -0.4 is 5.32 Å². The van der Waals surface area contributed by atoms with Crippen LogP contribution in [0.4, 0.5) is 0 Å². The zero-order valence-corrected chi connectivity index (χ0v) is 16.9. The third-order valence-corrected chi connectivity index (χ3v) is 4.04. The molecule has 1 unspecified atom stereocenters. The highest BCUT2D eigenvalue weighted by Gasteiger charge is 2.44. The molecule has 1 aliphatic rings. The van der Waals surface area contributed by atoms with Crippen molar-refractivity contribution < 1.29 is 43.8 Å². The summed E-state index contributed by atoms with van der Waals surface area (Å²) in [4.78, 5) is 11.3. The van der Waals surface area contributed by atoms with Crippen molar-refractivity contribution in [1.29, 1.82) is 0 Å². The Morgan fingerprint density at radius 2 is 1.46 bits per heavy atom. The van der Waals surface area contributed by atoms with Crippen LogP contribution in [-0.4, -0.2) is 98.3 Å². The number of aliphatic hydroxyl groups excluding tert-OH is 3. The molecule has 4 N–H and O–H groups in total. The van der Waals surface area contributed by atoms with Crippen LogP contribution >= 0.6 is 0 Å². The van der Waals surface area contributed by atoms with Crippen LogP contribution in [0, 0.1) is 5.92 Å². The Balaban J connectivity index is 2.10. The summed E-state index contributed by atoms with van der Waals surface area (Å²) in [5.41, 5.74) is 0. The van der Waals surface area contributed by atoms with Gasteiger partial charge in [-0.15, -0.1) is 0 Å². The largest absolute Gasteiger partial charge is 0.388 e. The van der Waals surface area contributed by atoms with Gasteiger partial charge in [-0.2, -0.15) is 0 Å². The molecule has 10 heteroatoms. The Bertz CT molecular complexity index is 424. The Morgan fingerprint density at radius 1 is 0.929 bits per heavy atom. The molecule has 0 aromatic rings. The normalized spacial score (nSPS) is 27.9. The van der Waals surface area contributed by atoms with E-state index >= 15 is 0 Å². The monoisotopic (exact) mass is 409 g/mol. The zero-order valence-electron chi connectivity index (χ0n) is 16.9. The molecule has 0 aliphatic carbocycles. The average molecular weight is 409 g/mol. The summed E-state index contributed by atoms with van der Waals surface area (Å²) in [5.74, 6) is 0.201. The van der Waals surface area contributed by atoms with Crippen molar-refractivity contribution in [3.8, 4) is 0 Å². The Morgan fingerprint density at radius 3 is 2.00 bits per heavy atom. The van der Waals surface area contributed by atoms with E-state index in [1.807, 2.05) is 0 Å². The molecule has 0 spiro atoms. The predicted octanol–water partition coefficient (Wildman–Crippen LogP) is -1.000. The highest BCUT2D eigenvalue weighted by molar-refractivity contribution is 5.73. The average Bonchev–Trinajstić information content (AvgIpc) is 2.63. The van der Waals surface area contributed by atoms with Gasteiger partial charge in [-0.05, 0) is 12.3 Å². The van der Waals surface area contributed by atoms with Gasteiger partial charge in [0, 0.05) is 13.5 Å². The maximum atomic E-state index is 11.3. The molecule has 1 saturated heterocycles. The van der Waals surface area contributed by atoms with Gasteiger partial charge in [0.15, 0.2) is 12.6 Å². The van der Waals surface area contributed by atoms with Crippen molar-refractivity contribution in [3.05, 3.63) is 0 Å². The molecule has 0 saturated carbocycles. The van der Waals surface area contributed by atoms with E-state index in [1.54, 1.807) is 0 Å². The van der Waals surface area contributed by atoms with Crippen LogP contribution in [0.3, 0.4) is 0 Å². The molecule has 28 heavy (non-hydrogen) atoms. The van der Waals surface area contributed by atoms with Crippen LogP contribution in [0.5, 0.6) is 0 Å². The molecule has 0 bridgehead atoms. The highest BCUT2D eigenvalue weighted by Crippen LogP contribution is 2.20. The van der Waals surface area contributed by atoms with E-state index < -0.39 is 36.7 Å². The van der Waals surface area contributed by atoms with Crippen molar-refractivity contribution in [2.45, 2.75) is 58.0 Å². The minimum Gasteiger partial charge on any atom is -0.388 e. The van der Waals surface area contributed by atoms with Gasteiger partial charge in [0.2, 0.25) is 5.91 Å². The summed E-state index contributed by atoms with van der Waals surface area (Å²) < 4.78 is 26.7. The molecule has 5 atom stereocenters. The second-order valence-electron chi connectivity index (χ2n) is 6.99. The minimum absolute atomic E-state index is 0.106. The Labute approximate surface area is 166 Å². The smallest absolute Gasteiger partial charge is 0.217 e. The number of hydrogen-bond acceptors (Lipinski definition) is 9. The van der Waals surface area contributed by atoms with E-state index in [0.29, 0.717) is 32.3 Å². The van der Waals surface area contributed by atoms with Crippen molar-refractivity contribution in [2.75, 3.05) is 46.2 Å². The van der Waals surface area contributed by atoms with Crippen molar-refractivity contribution in [3.63, 3.8) is 0 Å². The second-order valence-corrected chi connectivity index (χ2v) is 6.99. The molecule has 10 nitrogen and oxygen atoms in total. The van der Waals surface area contributed by atoms with Crippen LogP contribution in [0.1, 0.15) is 27.2 Å². The van der Waals surface area contributed by atoms with E-state index in [4.69, 9.17) is 23.7 Å². The van der Waals surface area contributed by atoms with Gasteiger partial charge in [-0.3, -0.25) is 4.79 Å². The van der Waals surface area contributed by atoms with Gasteiger partial charge >= 0.3 is 0 Å². The first-order valence-corrected chi connectivity index (χ1v) is 9.64. The summed E-state index contributed by atoms with van der Waals surface area (Å²) in [6, 6.07) is -1.00. The minimum atomic E-state index is -1.61. The highest BCUT2D eigenvalue weighted by atomic mass is 16.7. The van der Waals surface area contributed by atoms with Crippen molar-refractivity contribution >= 4 is 5.91 Å². The zero-order chi connectivity index (χ0) is 20.9. The van der Waals surface area contributed by atoms with E-state index in [1.165, 1.54) is 6.92 Å². The molecule has 1 heterocycles. The number of ether oxygens (including phenoxy) is 5. The lowest BCUT2D eigenvalue weighted by Crippen LogP contribution is -2.64. The fraction of sp³-hybridized carbons (Fsp3) is 0.944. The SMILES string of the molecule is CC(=O)N[C@H]1C(OCCOCCOCCOCCC(C)C)O[C@H](O)[C@H](O)[C@@H]1O. The fourth-order valence-electron chi connectivity index (χ4n) is 2.46. The van der Waals surface area contributed by atoms with E-state index in [0.717, 1.165) is 13.0 Å². The van der Waals surface area contributed by atoms with Gasteiger partial charge in [-0.1, -0.05) is 13.8 Å². The lowest BCUT2D eigenvalue weighted by Gasteiger charge is -2.40. The van der Waals surface area contributed by atoms with Crippen LogP contribution in [-0.2, 0) is 28.5 Å². The quantitative estimate of drug-likeness (QED) is 0.266. The van der Waals surface area contributed by atoms with E-state index in [-0.39, 0.29) is 13.2 Å². The van der Waals surface area contributed by atoms with Gasteiger partial charge in [0.05, 0.1) is 39.6 Å². The van der Waals surface area contributed by atoms with Crippen molar-refractivity contribution in [2.24, 2.45) is 5.92 Å². The summed E-state index contributed by atoms with van der Waals surface area (Å²) in [6.07, 6.45) is -4.65. The lowest BCUT2D eigenvalue weighted by atomic mass is 10.0. The maximum Gasteiger partial charge on any atom is 0.217 e. The fourth-order valence-corrected chi connectivity index (χ4v) is 2.46. The Hall–Kier alpha value is -0.850. The Kier molecular flexibility index (Phi) is 12.8. The molecular weight excluding hydrogens is 374 g/mol. The third-order valence-electron chi connectivity index (χ3n) is 4.04. The summed E-state index contributed by atoms with van der Waals surface area (Å²) >= 11 is 0. The molecular formula is C18H35NO9. The van der Waals surface area contributed by atoms with E-state index in [9.17, 15) is 20.1 Å². The number of nitrogens with one attached hydrogen (secondary N) is 1. The van der Waals surface area contributed by atoms with E-state index in [2.05, 4.69) is 19.2 Å². The maximum absolute atomic E-state index is 11.3. The van der Waals surface area contributed by atoms with Crippen LogP contribution in [0.25, 0.3) is 0 Å². The van der Waals surface area contributed by atoms with Crippen LogP contribution in [0.2, 0.25) is 0 Å². The number of hydrogen-bond donors (Lipinski definition) is 4. The lowest BCUT2D eigenvalue weighted by molar-refractivity contribution is -0.316. The van der Waals surface area contributed by atoms with Gasteiger partial charge in [-0.25, -0.2) is 0 Å². The topological polar surface area (TPSA) is 136 Å². The molecule has 1 aliphatic heterocycles. The summed E-state index contributed by atoms with van der Waals surface area (Å²) in [5, 5.41) is 31.7. The van der Waals surface area contributed by atoms with Gasteiger partial charge in [0.1, 0.15) is 18.2 Å². The van der Waals surface area contributed by atoms with Gasteiger partial charge < -0.3 is 44.3 Å². The number of amides is 1. The molecule has 166 valence electrons. The molecule has 0 aromatic heterocycles. The number of aliphatic hydroxyl groups is 3. The molecule has 1 amide bonds. The summed E-state index contributed by atoms with van der Waals surface area (Å²) in [6.45, 7) is 8.48. The first kappa shape index (κ1) is 25.2. The number of carbonyl (C=O) groups excluding carboxylic acids is 1. The third kappa shape index (κ3) is 10.1. The predicted molar refractivity (Wildman–Crippen MR) is 98.4 cm³/mol. The number of carbonyl (C=O) groups is 1. The molecule has 0 aromatic carbocycles. The van der Waals surface area contributed by atoms with Crippen molar-refractivity contribution in [1.82, 2.24) is 5.32 Å². The van der Waals surface area contributed by atoms with Gasteiger partial charge in [0.25, 0.3) is 0 Å². The summed E-state index contributed by atoms with van der Waals surface area (Å²) in [7, 11) is 0.